The minimum absolute atomic E-state index is 0.0304. The van der Waals surface area contributed by atoms with Crippen LogP contribution in [-0.2, 0) is 5.41 Å². The Morgan fingerprint density at radius 1 is 0.429 bits per heavy atom. The van der Waals surface area contributed by atoms with Gasteiger partial charge in [0.15, 0.2) is 0 Å². The summed E-state index contributed by atoms with van der Waals surface area (Å²) >= 11 is 0. The predicted octanol–water partition coefficient (Wildman–Crippen LogP) is 11.1. The van der Waals surface area contributed by atoms with Crippen molar-refractivity contribution in [3.8, 4) is 27.9 Å². The topological polar surface area (TPSA) is 4.93 Å². The van der Waals surface area contributed by atoms with E-state index in [9.17, 15) is 0 Å². The molecular formula is C41H29N. The summed E-state index contributed by atoms with van der Waals surface area (Å²) in [6.45, 7) is 4.72. The zero-order chi connectivity index (χ0) is 28.0. The van der Waals surface area contributed by atoms with Gasteiger partial charge >= 0.3 is 0 Å². The lowest BCUT2D eigenvalue weighted by Gasteiger charge is -2.22. The number of aromatic nitrogens is 1. The first-order chi connectivity index (χ1) is 20.6. The summed E-state index contributed by atoms with van der Waals surface area (Å²) in [6.07, 6.45) is 0. The fraction of sp³-hybridized carbons (Fsp3) is 0.0732. The van der Waals surface area contributed by atoms with E-state index < -0.39 is 0 Å². The van der Waals surface area contributed by atoms with E-state index in [1.54, 1.807) is 0 Å². The van der Waals surface area contributed by atoms with Gasteiger partial charge in [0.2, 0.25) is 0 Å². The van der Waals surface area contributed by atoms with Gasteiger partial charge in [0.05, 0.1) is 11.0 Å². The van der Waals surface area contributed by atoms with Crippen LogP contribution in [0.2, 0.25) is 0 Å². The van der Waals surface area contributed by atoms with E-state index in [0.29, 0.717) is 0 Å². The minimum atomic E-state index is -0.0304. The summed E-state index contributed by atoms with van der Waals surface area (Å²) in [5, 5.41) is 7.73. The molecule has 1 aliphatic carbocycles. The number of hydrogen-bond donors (Lipinski definition) is 0. The monoisotopic (exact) mass is 535 g/mol. The summed E-state index contributed by atoms with van der Waals surface area (Å²) in [5.74, 6) is 0. The lowest BCUT2D eigenvalue weighted by Crippen LogP contribution is -2.14. The molecule has 0 saturated carbocycles. The Balaban J connectivity index is 1.35. The van der Waals surface area contributed by atoms with Crippen LogP contribution in [0.3, 0.4) is 0 Å². The third kappa shape index (κ3) is 3.14. The normalized spacial score (nSPS) is 13.7. The van der Waals surface area contributed by atoms with Crippen molar-refractivity contribution in [2.24, 2.45) is 0 Å². The Hall–Kier alpha value is -5.14. The number of nitrogens with zero attached hydrogens (tertiary/aromatic N) is 1. The summed E-state index contributed by atoms with van der Waals surface area (Å²) < 4.78 is 2.41. The lowest BCUT2D eigenvalue weighted by molar-refractivity contribution is 0.660. The van der Waals surface area contributed by atoms with E-state index in [1.807, 2.05) is 0 Å². The molecule has 1 aliphatic rings. The first-order valence-electron chi connectivity index (χ1n) is 14.8. The molecule has 1 aromatic heterocycles. The summed E-state index contributed by atoms with van der Waals surface area (Å²) in [4.78, 5) is 0. The molecule has 1 heteroatoms. The number of fused-ring (bicyclic) bond motifs is 9. The molecule has 8 aromatic rings. The van der Waals surface area contributed by atoms with Gasteiger partial charge in [0.1, 0.15) is 0 Å². The van der Waals surface area contributed by atoms with E-state index in [2.05, 4.69) is 158 Å². The molecule has 0 saturated heterocycles. The van der Waals surface area contributed by atoms with Gasteiger partial charge in [-0.1, -0.05) is 111 Å². The molecule has 0 atom stereocenters. The molecule has 0 fully saturated rings. The maximum Gasteiger partial charge on any atom is 0.0547 e. The second-order valence-electron chi connectivity index (χ2n) is 12.2. The summed E-state index contributed by atoms with van der Waals surface area (Å²) in [5.41, 5.74) is 11.7. The Labute approximate surface area is 245 Å². The van der Waals surface area contributed by atoms with Gasteiger partial charge in [-0.05, 0) is 97.4 Å². The minimum Gasteiger partial charge on any atom is -0.309 e. The van der Waals surface area contributed by atoms with E-state index >= 15 is 0 Å². The molecule has 1 nitrogen and oxygen atoms in total. The van der Waals surface area contributed by atoms with Crippen LogP contribution in [0.4, 0.5) is 0 Å². The molecule has 0 bridgehead atoms. The second kappa shape index (κ2) is 8.44. The molecule has 0 aliphatic heterocycles. The van der Waals surface area contributed by atoms with Crippen LogP contribution in [0.15, 0.2) is 140 Å². The second-order valence-corrected chi connectivity index (χ2v) is 12.2. The molecule has 42 heavy (non-hydrogen) atoms. The van der Waals surface area contributed by atoms with Crippen molar-refractivity contribution in [2.45, 2.75) is 19.3 Å². The first-order valence-corrected chi connectivity index (χ1v) is 14.8. The van der Waals surface area contributed by atoms with Crippen molar-refractivity contribution >= 4 is 43.4 Å². The zero-order valence-electron chi connectivity index (χ0n) is 23.7. The Kier molecular flexibility index (Phi) is 4.73. The molecular weight excluding hydrogens is 506 g/mol. The van der Waals surface area contributed by atoms with Crippen molar-refractivity contribution in [2.75, 3.05) is 0 Å². The molecule has 0 radical (unpaired) electrons. The fourth-order valence-corrected chi connectivity index (χ4v) is 7.54. The maximum absolute atomic E-state index is 2.45. The molecule has 0 spiro atoms. The standard InChI is InChI=1S/C41H29N/c1-41(2)37-18-10-8-16-31(37)32-21-20-26(23-38(32)41)34-22-27-24-40-36(25-35(27)30-15-7-6-14-29(30)34)33-17-9-11-19-39(33)42(40)28-12-4-3-5-13-28/h3-25H,1-2H3. The number of rotatable bonds is 2. The van der Waals surface area contributed by atoms with E-state index in [0.717, 1.165) is 0 Å². The largest absolute Gasteiger partial charge is 0.309 e. The SMILES string of the molecule is CC1(C)c2ccccc2-c2ccc(-c3cc4cc5c(cc4c4ccccc34)c3ccccc3n5-c3ccccc3)cc21. The number of benzene rings is 7. The average Bonchev–Trinajstić information content (AvgIpc) is 3.48. The molecule has 0 N–H and O–H groups in total. The Morgan fingerprint density at radius 2 is 1.12 bits per heavy atom. The third-order valence-electron chi connectivity index (χ3n) is 9.56. The maximum atomic E-state index is 2.45. The highest BCUT2D eigenvalue weighted by Gasteiger charge is 2.35. The first kappa shape index (κ1) is 23.6. The van der Waals surface area contributed by atoms with Crippen molar-refractivity contribution < 1.29 is 0 Å². The molecule has 198 valence electrons. The Bertz CT molecular complexity index is 2370. The van der Waals surface area contributed by atoms with Crippen LogP contribution in [0, 0.1) is 0 Å². The van der Waals surface area contributed by atoms with Gasteiger partial charge in [-0.15, -0.1) is 0 Å². The van der Waals surface area contributed by atoms with Crippen LogP contribution < -0.4 is 0 Å². The highest BCUT2D eigenvalue weighted by atomic mass is 15.0. The van der Waals surface area contributed by atoms with Crippen molar-refractivity contribution in [1.29, 1.82) is 0 Å². The third-order valence-corrected chi connectivity index (χ3v) is 9.56. The van der Waals surface area contributed by atoms with E-state index in [1.165, 1.54) is 82.4 Å². The summed E-state index contributed by atoms with van der Waals surface area (Å²) in [7, 11) is 0. The molecule has 1 heterocycles. The zero-order valence-corrected chi connectivity index (χ0v) is 23.7. The average molecular weight is 536 g/mol. The summed E-state index contributed by atoms with van der Waals surface area (Å²) in [6, 6.07) is 51.7. The van der Waals surface area contributed by atoms with Crippen molar-refractivity contribution in [1.82, 2.24) is 4.57 Å². The van der Waals surface area contributed by atoms with Gasteiger partial charge in [-0.25, -0.2) is 0 Å². The molecule has 0 unspecified atom stereocenters. The molecule has 9 rings (SSSR count). The van der Waals surface area contributed by atoms with Crippen LogP contribution in [0.1, 0.15) is 25.0 Å². The fourth-order valence-electron chi connectivity index (χ4n) is 7.54. The van der Waals surface area contributed by atoms with Crippen LogP contribution in [0.5, 0.6) is 0 Å². The van der Waals surface area contributed by atoms with E-state index in [-0.39, 0.29) is 5.41 Å². The van der Waals surface area contributed by atoms with E-state index in [4.69, 9.17) is 0 Å². The quantitative estimate of drug-likeness (QED) is 0.194. The predicted molar refractivity (Wildman–Crippen MR) is 179 cm³/mol. The van der Waals surface area contributed by atoms with Crippen LogP contribution in [-0.4, -0.2) is 4.57 Å². The van der Waals surface area contributed by atoms with Crippen LogP contribution >= 0.6 is 0 Å². The highest BCUT2D eigenvalue weighted by molar-refractivity contribution is 6.20. The van der Waals surface area contributed by atoms with Gasteiger partial charge in [-0.2, -0.15) is 0 Å². The smallest absolute Gasteiger partial charge is 0.0547 e. The molecule has 7 aromatic carbocycles. The highest BCUT2D eigenvalue weighted by Crippen LogP contribution is 2.50. The number of hydrogen-bond acceptors (Lipinski definition) is 0. The van der Waals surface area contributed by atoms with Gasteiger partial charge in [0.25, 0.3) is 0 Å². The number of para-hydroxylation sites is 2. The van der Waals surface area contributed by atoms with Gasteiger partial charge in [-0.3, -0.25) is 0 Å². The lowest BCUT2D eigenvalue weighted by atomic mass is 9.81. The van der Waals surface area contributed by atoms with Crippen molar-refractivity contribution in [3.05, 3.63) is 151 Å². The molecule has 0 amide bonds. The van der Waals surface area contributed by atoms with Crippen molar-refractivity contribution in [3.63, 3.8) is 0 Å². The van der Waals surface area contributed by atoms with Crippen LogP contribution in [0.25, 0.3) is 71.3 Å². The van der Waals surface area contributed by atoms with Gasteiger partial charge in [0, 0.05) is 21.9 Å². The Morgan fingerprint density at radius 3 is 1.98 bits per heavy atom. The van der Waals surface area contributed by atoms with Gasteiger partial charge < -0.3 is 4.57 Å².